The number of hydrogen-bond donors (Lipinski definition) is 0. The van der Waals surface area contributed by atoms with E-state index in [1.54, 1.807) is 0 Å². The lowest BCUT2D eigenvalue weighted by Crippen LogP contribution is -1.98. The van der Waals surface area contributed by atoms with E-state index in [4.69, 9.17) is 11.6 Å². The van der Waals surface area contributed by atoms with Crippen molar-refractivity contribution in [3.05, 3.63) is 37.6 Å². The molecule has 0 unspecified atom stereocenters. The largest absolute Gasteiger partial charge is 0.228 e. The first-order valence-electron chi connectivity index (χ1n) is 5.58. The van der Waals surface area contributed by atoms with Gasteiger partial charge in [0.15, 0.2) is 0 Å². The van der Waals surface area contributed by atoms with Crippen molar-refractivity contribution in [3.63, 3.8) is 0 Å². The highest BCUT2D eigenvalue weighted by molar-refractivity contribution is 9.10. The number of hydrogen-bond acceptors (Lipinski definition) is 1. The molecule has 1 aromatic carbocycles. The average Bonchev–Trinajstić information content (AvgIpc) is 2.28. The van der Waals surface area contributed by atoms with E-state index in [9.17, 15) is 0 Å². The molecule has 0 spiro atoms. The number of nitrogens with zero attached hydrogens (tertiary/aromatic N) is 1. The Bertz CT molecular complexity index is 632. The van der Waals surface area contributed by atoms with Gasteiger partial charge in [0.05, 0.1) is 0 Å². The van der Waals surface area contributed by atoms with Crippen molar-refractivity contribution in [2.75, 3.05) is 0 Å². The Hall–Kier alpha value is -0.600. The molecule has 0 amide bonds. The molecule has 0 fully saturated rings. The van der Waals surface area contributed by atoms with Crippen LogP contribution >= 0.6 is 27.5 Å². The highest BCUT2D eigenvalue weighted by Gasteiger charge is 2.16. The zero-order valence-electron chi connectivity index (χ0n) is 10.7. The Labute approximate surface area is 115 Å². The van der Waals surface area contributed by atoms with Crippen LogP contribution < -0.4 is 0 Å². The third-order valence-electron chi connectivity index (χ3n) is 3.77. The second-order valence-corrected chi connectivity index (χ2v) is 5.68. The summed E-state index contributed by atoms with van der Waals surface area (Å²) in [6.45, 7) is 10.7. The van der Waals surface area contributed by atoms with Crippen molar-refractivity contribution in [2.45, 2.75) is 34.6 Å². The average molecular weight is 313 g/mol. The van der Waals surface area contributed by atoms with Crippen LogP contribution in [0.25, 0.3) is 10.8 Å². The topological polar surface area (TPSA) is 12.9 Å². The van der Waals surface area contributed by atoms with Gasteiger partial charge in [0.25, 0.3) is 0 Å². The predicted molar refractivity (Wildman–Crippen MR) is 78.1 cm³/mol. The number of rotatable bonds is 0. The summed E-state index contributed by atoms with van der Waals surface area (Å²) in [5.41, 5.74) is 6.34. The molecule has 2 rings (SSSR count). The van der Waals surface area contributed by atoms with Crippen molar-refractivity contribution in [2.24, 2.45) is 0 Å². The molecule has 0 saturated heterocycles. The molecule has 3 heteroatoms. The Morgan fingerprint density at radius 2 is 1.24 bits per heavy atom. The summed E-state index contributed by atoms with van der Waals surface area (Å²) in [4.78, 5) is 4.36. The molecule has 0 bridgehead atoms. The van der Waals surface area contributed by atoms with Gasteiger partial charge in [0.2, 0.25) is 0 Å². The number of pyridine rings is 1. The highest BCUT2D eigenvalue weighted by atomic mass is 79.9. The normalized spacial score (nSPS) is 11.2. The quantitative estimate of drug-likeness (QED) is 0.610. The van der Waals surface area contributed by atoms with E-state index in [1.165, 1.54) is 27.6 Å². The van der Waals surface area contributed by atoms with E-state index in [1.807, 2.05) is 0 Å². The van der Waals surface area contributed by atoms with E-state index in [2.05, 4.69) is 55.5 Å². The second-order valence-electron chi connectivity index (χ2n) is 4.57. The first-order chi connectivity index (χ1) is 7.86. The number of aromatic nitrogens is 1. The van der Waals surface area contributed by atoms with Crippen LogP contribution in [-0.4, -0.2) is 4.98 Å². The molecule has 1 aromatic heterocycles. The molecule has 2 aromatic rings. The van der Waals surface area contributed by atoms with Crippen molar-refractivity contribution in [1.82, 2.24) is 4.98 Å². The monoisotopic (exact) mass is 311 g/mol. The zero-order valence-corrected chi connectivity index (χ0v) is 13.0. The minimum atomic E-state index is 0.584. The van der Waals surface area contributed by atoms with Crippen LogP contribution in [0.4, 0.5) is 0 Å². The van der Waals surface area contributed by atoms with Crippen LogP contribution in [0.3, 0.4) is 0 Å². The second kappa shape index (κ2) is 4.25. The van der Waals surface area contributed by atoms with Gasteiger partial charge >= 0.3 is 0 Å². The summed E-state index contributed by atoms with van der Waals surface area (Å²) in [7, 11) is 0. The van der Waals surface area contributed by atoms with Gasteiger partial charge in [-0.15, -0.1) is 0 Å². The van der Waals surface area contributed by atoms with Gasteiger partial charge in [-0.1, -0.05) is 11.6 Å². The summed E-state index contributed by atoms with van der Waals surface area (Å²) in [5.74, 6) is 0. The lowest BCUT2D eigenvalue weighted by Gasteiger charge is -2.17. The van der Waals surface area contributed by atoms with Crippen molar-refractivity contribution < 1.29 is 0 Å². The summed E-state index contributed by atoms with van der Waals surface area (Å²) in [5, 5.41) is 2.91. The molecule has 0 aliphatic carbocycles. The molecule has 0 atom stereocenters. The number of aryl methyl sites for hydroxylation is 3. The van der Waals surface area contributed by atoms with E-state index in [0.29, 0.717) is 5.15 Å². The van der Waals surface area contributed by atoms with Gasteiger partial charge in [-0.25, -0.2) is 4.98 Å². The lowest BCUT2D eigenvalue weighted by molar-refractivity contribution is 1.20. The summed E-state index contributed by atoms with van der Waals surface area (Å²) in [6.07, 6.45) is 0. The number of halogens is 2. The first kappa shape index (κ1) is 12.8. The Morgan fingerprint density at radius 1 is 0.765 bits per heavy atom. The maximum absolute atomic E-state index is 6.29. The molecule has 0 N–H and O–H groups in total. The van der Waals surface area contributed by atoms with Crippen molar-refractivity contribution in [3.8, 4) is 0 Å². The number of benzene rings is 1. The first-order valence-corrected chi connectivity index (χ1v) is 6.75. The predicted octanol–water partition coefficient (Wildman–Crippen LogP) is 5.19. The van der Waals surface area contributed by atoms with Crippen LogP contribution in [0.15, 0.2) is 4.60 Å². The van der Waals surface area contributed by atoms with Gasteiger partial charge < -0.3 is 0 Å². The standard InChI is InChI=1S/C14H15BrClN/c1-6-7(2)9(4)12-11(8(6)3)10(5)13(15)17-14(12)16/h1-5H3. The van der Waals surface area contributed by atoms with Crippen LogP contribution in [0.5, 0.6) is 0 Å². The SMILES string of the molecule is Cc1c(C)c(C)c2c(C)c(Br)nc(Cl)c2c1C. The van der Waals surface area contributed by atoms with E-state index in [0.717, 1.165) is 15.6 Å². The minimum absolute atomic E-state index is 0.584. The minimum Gasteiger partial charge on any atom is -0.228 e. The number of fused-ring (bicyclic) bond motifs is 1. The van der Waals surface area contributed by atoms with Gasteiger partial charge in [0, 0.05) is 5.39 Å². The lowest BCUT2D eigenvalue weighted by atomic mass is 9.91. The highest BCUT2D eigenvalue weighted by Crippen LogP contribution is 2.37. The molecular formula is C14H15BrClN. The molecular weight excluding hydrogens is 298 g/mol. The third-order valence-corrected chi connectivity index (χ3v) is 4.82. The van der Waals surface area contributed by atoms with E-state index < -0.39 is 0 Å². The zero-order chi connectivity index (χ0) is 12.9. The molecule has 1 heterocycles. The van der Waals surface area contributed by atoms with Crippen LogP contribution in [-0.2, 0) is 0 Å². The van der Waals surface area contributed by atoms with Gasteiger partial charge in [-0.05, 0) is 83.8 Å². The molecule has 0 aliphatic rings. The van der Waals surface area contributed by atoms with Crippen molar-refractivity contribution >= 4 is 38.3 Å². The maximum Gasteiger partial charge on any atom is 0.138 e. The molecule has 0 aliphatic heterocycles. The summed E-state index contributed by atoms with van der Waals surface area (Å²) in [6, 6.07) is 0. The molecule has 17 heavy (non-hydrogen) atoms. The maximum atomic E-state index is 6.29. The summed E-state index contributed by atoms with van der Waals surface area (Å²) >= 11 is 9.77. The van der Waals surface area contributed by atoms with Crippen LogP contribution in [0, 0.1) is 34.6 Å². The Morgan fingerprint density at radius 3 is 1.76 bits per heavy atom. The van der Waals surface area contributed by atoms with Gasteiger partial charge in [-0.3, -0.25) is 0 Å². The molecule has 90 valence electrons. The fourth-order valence-corrected chi connectivity index (χ4v) is 3.17. The molecule has 0 radical (unpaired) electrons. The van der Waals surface area contributed by atoms with E-state index in [-0.39, 0.29) is 0 Å². The molecule has 0 saturated carbocycles. The molecule has 1 nitrogen and oxygen atoms in total. The fourth-order valence-electron chi connectivity index (χ4n) is 2.37. The van der Waals surface area contributed by atoms with Crippen LogP contribution in [0.2, 0.25) is 5.15 Å². The van der Waals surface area contributed by atoms with E-state index >= 15 is 0 Å². The van der Waals surface area contributed by atoms with Gasteiger partial charge in [-0.2, -0.15) is 0 Å². The Kier molecular flexibility index (Phi) is 3.21. The summed E-state index contributed by atoms with van der Waals surface area (Å²) < 4.78 is 0.834. The van der Waals surface area contributed by atoms with Crippen molar-refractivity contribution in [1.29, 1.82) is 0 Å². The van der Waals surface area contributed by atoms with Crippen LogP contribution in [0.1, 0.15) is 27.8 Å². The smallest absolute Gasteiger partial charge is 0.138 e. The fraction of sp³-hybridized carbons (Fsp3) is 0.357. The Balaban J connectivity index is 3.17. The third kappa shape index (κ3) is 1.78. The van der Waals surface area contributed by atoms with Gasteiger partial charge in [0.1, 0.15) is 9.76 Å².